The lowest BCUT2D eigenvalue weighted by Gasteiger charge is -2.23. The van der Waals surface area contributed by atoms with Gasteiger partial charge in [-0.05, 0) is 63.8 Å². The molecular formula is C40H54N6O6. The van der Waals surface area contributed by atoms with E-state index in [2.05, 4.69) is 21.3 Å². The summed E-state index contributed by atoms with van der Waals surface area (Å²) in [4.78, 5) is 50.8. The molecule has 2 aliphatic carbocycles. The zero-order valence-electron chi connectivity index (χ0n) is 30.3. The number of fused-ring (bicyclic) bond motifs is 6. The normalized spacial score (nSPS) is 30.7. The molecule has 2 aromatic rings. The molecule has 12 heteroatoms. The number of rotatable bonds is 8. The van der Waals surface area contributed by atoms with Crippen molar-refractivity contribution in [1.82, 2.24) is 30.4 Å². The van der Waals surface area contributed by atoms with Gasteiger partial charge in [0.05, 0.1) is 24.2 Å². The molecular weight excluding hydrogens is 660 g/mol. The van der Waals surface area contributed by atoms with Crippen molar-refractivity contribution in [2.24, 2.45) is 23.7 Å². The van der Waals surface area contributed by atoms with Gasteiger partial charge in [0, 0.05) is 84.6 Å². The maximum absolute atomic E-state index is 12.8. The van der Waals surface area contributed by atoms with Crippen LogP contribution in [-0.2, 0) is 22.7 Å². The number of aliphatic hydroxyl groups excluding tert-OH is 2. The number of aliphatic hydroxyl groups is 2. The SMILES string of the molecule is C/C=C/c1ccc2n(c1=O)C[C@H]1[C@H](CO)[C@@H](C(=O)NC3CCCC3)N[C@@H]21.C/C=C\c1ccc2n(c1=O)C[C@H]1[C@H](CO)[C@@H](C(=O)NC3CCCC3)N[C@@H]21. The van der Waals surface area contributed by atoms with E-state index in [0.29, 0.717) is 24.2 Å². The molecule has 12 nitrogen and oxygen atoms in total. The van der Waals surface area contributed by atoms with Crippen LogP contribution in [0.1, 0.15) is 99.8 Å². The van der Waals surface area contributed by atoms with Crippen LogP contribution in [0.3, 0.4) is 0 Å². The number of carbonyl (C=O) groups excluding carboxylic acids is 2. The van der Waals surface area contributed by atoms with E-state index >= 15 is 0 Å². The predicted molar refractivity (Wildman–Crippen MR) is 199 cm³/mol. The smallest absolute Gasteiger partial charge is 0.258 e. The highest BCUT2D eigenvalue weighted by Gasteiger charge is 2.52. The third kappa shape index (κ3) is 6.74. The van der Waals surface area contributed by atoms with Gasteiger partial charge in [-0.2, -0.15) is 0 Å². The fourth-order valence-corrected chi connectivity index (χ4v) is 9.88. The maximum atomic E-state index is 12.8. The first kappa shape index (κ1) is 36.5. The Balaban J connectivity index is 0.000000162. The van der Waals surface area contributed by atoms with Crippen molar-refractivity contribution in [3.05, 3.63) is 79.6 Å². The van der Waals surface area contributed by atoms with Crippen molar-refractivity contribution >= 4 is 24.0 Å². The van der Waals surface area contributed by atoms with Crippen LogP contribution in [0.25, 0.3) is 12.2 Å². The van der Waals surface area contributed by atoms with Crippen LogP contribution in [0.4, 0.5) is 0 Å². The van der Waals surface area contributed by atoms with E-state index in [1.165, 1.54) is 25.7 Å². The summed E-state index contributed by atoms with van der Waals surface area (Å²) in [7, 11) is 0. The fourth-order valence-electron chi connectivity index (χ4n) is 9.88. The monoisotopic (exact) mass is 714 g/mol. The molecule has 2 saturated heterocycles. The number of allylic oxidation sites excluding steroid dienone is 2. The number of hydrogen-bond donors (Lipinski definition) is 6. The summed E-state index contributed by atoms with van der Waals surface area (Å²) in [5.41, 5.74) is 3.19. The molecule has 2 aromatic heterocycles. The van der Waals surface area contributed by atoms with E-state index in [0.717, 1.165) is 37.1 Å². The number of aromatic nitrogens is 2. The molecule has 0 unspecified atom stereocenters. The Morgan fingerprint density at radius 2 is 1.08 bits per heavy atom. The first-order valence-corrected chi connectivity index (χ1v) is 19.3. The van der Waals surface area contributed by atoms with Crippen molar-refractivity contribution < 1.29 is 19.8 Å². The Bertz CT molecular complexity index is 1690. The number of nitrogens with zero attached hydrogens (tertiary/aromatic N) is 2. The average molecular weight is 715 g/mol. The van der Waals surface area contributed by atoms with Gasteiger partial charge in [0.25, 0.3) is 11.1 Å². The van der Waals surface area contributed by atoms with Gasteiger partial charge in [-0.25, -0.2) is 0 Å². The highest BCUT2D eigenvalue weighted by molar-refractivity contribution is 5.83. The summed E-state index contributed by atoms with van der Waals surface area (Å²) in [5, 5.41) is 33.0. The fraction of sp³-hybridized carbons (Fsp3) is 0.600. The number of carbonyl (C=O) groups is 2. The van der Waals surface area contributed by atoms with E-state index in [4.69, 9.17) is 0 Å². The van der Waals surface area contributed by atoms with Gasteiger partial charge in [0.1, 0.15) is 0 Å². The third-order valence-corrected chi connectivity index (χ3v) is 12.5. The second-order valence-electron chi connectivity index (χ2n) is 15.5. The van der Waals surface area contributed by atoms with Crippen LogP contribution in [-0.4, -0.2) is 68.5 Å². The molecule has 8 atom stereocenters. The minimum atomic E-state index is -0.394. The molecule has 6 aliphatic rings. The number of amides is 2. The van der Waals surface area contributed by atoms with Gasteiger partial charge in [0.2, 0.25) is 11.8 Å². The minimum absolute atomic E-state index is 0.000414. The first-order chi connectivity index (χ1) is 25.3. The summed E-state index contributed by atoms with van der Waals surface area (Å²) >= 11 is 0. The summed E-state index contributed by atoms with van der Waals surface area (Å²) < 4.78 is 3.59. The molecule has 280 valence electrons. The van der Waals surface area contributed by atoms with Crippen LogP contribution < -0.4 is 32.4 Å². The van der Waals surface area contributed by atoms with Gasteiger partial charge in [-0.1, -0.05) is 50.0 Å². The van der Waals surface area contributed by atoms with Crippen LogP contribution in [0.2, 0.25) is 0 Å². The highest BCUT2D eigenvalue weighted by atomic mass is 16.3. The van der Waals surface area contributed by atoms with E-state index in [9.17, 15) is 29.4 Å². The largest absolute Gasteiger partial charge is 0.396 e. The van der Waals surface area contributed by atoms with Gasteiger partial charge in [-0.3, -0.25) is 29.8 Å². The van der Waals surface area contributed by atoms with Gasteiger partial charge in [-0.15, -0.1) is 0 Å². The maximum Gasteiger partial charge on any atom is 0.258 e. The van der Waals surface area contributed by atoms with Crippen molar-refractivity contribution in [2.75, 3.05) is 13.2 Å². The quantitative estimate of drug-likeness (QED) is 0.243. The van der Waals surface area contributed by atoms with E-state index in [-0.39, 0.29) is 84.0 Å². The van der Waals surface area contributed by atoms with Crippen LogP contribution in [0.15, 0.2) is 46.0 Å². The Morgan fingerprint density at radius 1 is 0.692 bits per heavy atom. The molecule has 0 bridgehead atoms. The third-order valence-electron chi connectivity index (χ3n) is 12.5. The Hall–Kier alpha value is -3.84. The van der Waals surface area contributed by atoms with Crippen LogP contribution >= 0.6 is 0 Å². The highest BCUT2D eigenvalue weighted by Crippen LogP contribution is 2.44. The Labute approximate surface area is 304 Å². The lowest BCUT2D eigenvalue weighted by Crippen LogP contribution is -2.48. The number of nitrogens with one attached hydrogen (secondary N) is 4. The standard InChI is InChI=1S/2C20H27N3O3/c2*1-2-5-12-8-9-16-17-14(10-23(16)20(12)26)15(11-24)18(22-17)19(25)21-13-6-3-4-7-13/h2*2,5,8-9,13-15,17-18,22,24H,3-4,6-7,10-11H2,1H3,(H,21,25)/b5-2+;5-2-/t2*14-,15-,17+,18-/m00/s1. The predicted octanol–water partition coefficient (Wildman–Crippen LogP) is 2.38. The number of pyridine rings is 2. The molecule has 0 radical (unpaired) electrons. The summed E-state index contributed by atoms with van der Waals surface area (Å²) in [6, 6.07) is 7.27. The van der Waals surface area contributed by atoms with Crippen molar-refractivity contribution in [2.45, 2.75) is 115 Å². The molecule has 6 N–H and O–H groups in total. The zero-order valence-corrected chi connectivity index (χ0v) is 30.3. The Kier molecular flexibility index (Phi) is 11.0. The molecule has 2 saturated carbocycles. The second-order valence-corrected chi connectivity index (χ2v) is 15.5. The van der Waals surface area contributed by atoms with Gasteiger partial charge < -0.3 is 30.0 Å². The lowest BCUT2D eigenvalue weighted by molar-refractivity contribution is -0.125. The lowest BCUT2D eigenvalue weighted by atomic mass is 9.88. The van der Waals surface area contributed by atoms with Crippen LogP contribution in [0.5, 0.6) is 0 Å². The van der Waals surface area contributed by atoms with E-state index in [1.807, 2.05) is 62.4 Å². The number of hydrogen-bond acceptors (Lipinski definition) is 8. The summed E-state index contributed by atoms with van der Waals surface area (Å²) in [6.07, 6.45) is 16.2. The molecule has 6 heterocycles. The molecule has 4 aliphatic heterocycles. The molecule has 52 heavy (non-hydrogen) atoms. The van der Waals surface area contributed by atoms with Crippen LogP contribution in [0, 0.1) is 23.7 Å². The van der Waals surface area contributed by atoms with E-state index in [1.54, 1.807) is 9.13 Å². The second kappa shape index (κ2) is 15.6. The van der Waals surface area contributed by atoms with Gasteiger partial charge >= 0.3 is 0 Å². The summed E-state index contributed by atoms with van der Waals surface area (Å²) in [6.45, 7) is 4.78. The Morgan fingerprint density at radius 3 is 1.42 bits per heavy atom. The van der Waals surface area contributed by atoms with Crippen molar-refractivity contribution in [3.8, 4) is 0 Å². The van der Waals surface area contributed by atoms with Crippen molar-refractivity contribution in [1.29, 1.82) is 0 Å². The molecule has 0 spiro atoms. The molecule has 2 amide bonds. The zero-order chi connectivity index (χ0) is 36.5. The minimum Gasteiger partial charge on any atom is -0.396 e. The molecule has 4 fully saturated rings. The van der Waals surface area contributed by atoms with E-state index < -0.39 is 12.1 Å². The topological polar surface area (TPSA) is 167 Å². The van der Waals surface area contributed by atoms with Crippen molar-refractivity contribution in [3.63, 3.8) is 0 Å². The van der Waals surface area contributed by atoms with Gasteiger partial charge in [0.15, 0.2) is 0 Å². The molecule has 8 rings (SSSR count). The molecule has 0 aromatic carbocycles. The first-order valence-electron chi connectivity index (χ1n) is 19.3. The average Bonchev–Trinajstić information content (AvgIpc) is 3.99. The summed E-state index contributed by atoms with van der Waals surface area (Å²) in [5.74, 6) is -0.243.